The van der Waals surface area contributed by atoms with E-state index in [1.807, 2.05) is 30.5 Å². The summed E-state index contributed by atoms with van der Waals surface area (Å²) in [7, 11) is 2.12. The number of benzene rings is 1. The van der Waals surface area contributed by atoms with Gasteiger partial charge in [0.2, 0.25) is 0 Å². The third kappa shape index (κ3) is 3.36. The van der Waals surface area contributed by atoms with Crippen molar-refractivity contribution in [2.45, 2.75) is 18.9 Å². The van der Waals surface area contributed by atoms with Crippen LogP contribution >= 0.6 is 0 Å². The quantitative estimate of drug-likeness (QED) is 0.565. The number of H-pyrrole nitrogens is 1. The van der Waals surface area contributed by atoms with Crippen LogP contribution in [0.3, 0.4) is 0 Å². The number of fused-ring (bicyclic) bond motifs is 2. The van der Waals surface area contributed by atoms with Crippen molar-refractivity contribution in [3.8, 4) is 11.1 Å². The maximum Gasteiger partial charge on any atom is 0.252 e. The minimum Gasteiger partial charge on any atom is -0.349 e. The Bertz CT molecular complexity index is 1190. The van der Waals surface area contributed by atoms with Crippen LogP contribution in [0.4, 0.5) is 0 Å². The molecule has 0 saturated carbocycles. The van der Waals surface area contributed by atoms with Crippen molar-refractivity contribution >= 4 is 27.8 Å². The second kappa shape index (κ2) is 7.29. The first-order valence-corrected chi connectivity index (χ1v) is 10.00. The smallest absolute Gasteiger partial charge is 0.252 e. The van der Waals surface area contributed by atoms with Crippen LogP contribution in [0.2, 0.25) is 0 Å². The topological polar surface area (TPSA) is 73.9 Å². The molecule has 0 spiro atoms. The van der Waals surface area contributed by atoms with Gasteiger partial charge in [0.1, 0.15) is 5.65 Å². The molecule has 4 heterocycles. The van der Waals surface area contributed by atoms with E-state index in [1.165, 1.54) is 0 Å². The van der Waals surface area contributed by atoms with E-state index in [4.69, 9.17) is 0 Å². The molecule has 6 heteroatoms. The normalized spacial score (nSPS) is 15.8. The number of rotatable bonds is 3. The van der Waals surface area contributed by atoms with E-state index in [2.05, 4.69) is 44.3 Å². The van der Waals surface area contributed by atoms with Crippen molar-refractivity contribution in [1.29, 1.82) is 0 Å². The standard InChI is InChI=1S/C23H23N5O/c1-28-11-7-16(8-12-28)27-23(29)18-6-10-24-21-5-4-15(13-19(18)21)20-14-26-22-17(20)3-2-9-25-22/h2-6,9-10,13-14,16H,7-8,11-12H2,1H3,(H,25,26)(H,27,29). The summed E-state index contributed by atoms with van der Waals surface area (Å²) >= 11 is 0. The summed E-state index contributed by atoms with van der Waals surface area (Å²) in [6.45, 7) is 2.03. The second-order valence-electron chi connectivity index (χ2n) is 7.74. The lowest BCUT2D eigenvalue weighted by Gasteiger charge is -2.29. The van der Waals surface area contributed by atoms with Gasteiger partial charge in [0.15, 0.2) is 0 Å². The summed E-state index contributed by atoms with van der Waals surface area (Å²) in [6, 6.07) is 12.1. The molecule has 4 aromatic rings. The molecule has 1 saturated heterocycles. The van der Waals surface area contributed by atoms with E-state index in [-0.39, 0.29) is 11.9 Å². The molecule has 0 bridgehead atoms. The number of aromatic nitrogens is 3. The molecule has 3 aromatic heterocycles. The van der Waals surface area contributed by atoms with Crippen molar-refractivity contribution in [2.75, 3.05) is 20.1 Å². The van der Waals surface area contributed by atoms with E-state index < -0.39 is 0 Å². The molecule has 146 valence electrons. The number of pyridine rings is 2. The van der Waals surface area contributed by atoms with E-state index in [0.29, 0.717) is 5.56 Å². The van der Waals surface area contributed by atoms with Gasteiger partial charge in [-0.15, -0.1) is 0 Å². The highest BCUT2D eigenvalue weighted by molar-refractivity contribution is 6.07. The van der Waals surface area contributed by atoms with E-state index in [1.54, 1.807) is 12.4 Å². The van der Waals surface area contributed by atoms with Gasteiger partial charge in [-0.25, -0.2) is 4.98 Å². The summed E-state index contributed by atoms with van der Waals surface area (Å²) < 4.78 is 0. The van der Waals surface area contributed by atoms with Crippen LogP contribution in [0, 0.1) is 0 Å². The van der Waals surface area contributed by atoms with E-state index in [0.717, 1.165) is 59.0 Å². The van der Waals surface area contributed by atoms with Crippen molar-refractivity contribution < 1.29 is 4.79 Å². The van der Waals surface area contributed by atoms with Crippen molar-refractivity contribution in [3.63, 3.8) is 0 Å². The molecule has 0 radical (unpaired) electrons. The Balaban J connectivity index is 1.51. The molecule has 1 aromatic carbocycles. The number of hydrogen-bond acceptors (Lipinski definition) is 4. The zero-order valence-corrected chi connectivity index (χ0v) is 16.4. The first-order chi connectivity index (χ1) is 14.2. The van der Waals surface area contributed by atoms with Crippen LogP contribution in [0.5, 0.6) is 0 Å². The molecular weight excluding hydrogens is 362 g/mol. The highest BCUT2D eigenvalue weighted by Gasteiger charge is 2.20. The van der Waals surface area contributed by atoms with Gasteiger partial charge in [-0.1, -0.05) is 6.07 Å². The minimum absolute atomic E-state index is 0.0234. The monoisotopic (exact) mass is 385 g/mol. The molecule has 6 nitrogen and oxygen atoms in total. The molecule has 1 aliphatic heterocycles. The average molecular weight is 385 g/mol. The number of hydrogen-bond donors (Lipinski definition) is 2. The van der Waals surface area contributed by atoms with Crippen LogP contribution in [0.1, 0.15) is 23.2 Å². The van der Waals surface area contributed by atoms with Gasteiger partial charge < -0.3 is 15.2 Å². The van der Waals surface area contributed by atoms with Crippen molar-refractivity contribution in [2.24, 2.45) is 0 Å². The summed E-state index contributed by atoms with van der Waals surface area (Å²) in [6.07, 6.45) is 7.42. The Morgan fingerprint density at radius 1 is 1.10 bits per heavy atom. The SMILES string of the molecule is CN1CCC(NC(=O)c2ccnc3ccc(-c4c[nH]c5ncccc45)cc23)CC1. The molecule has 5 rings (SSSR count). The maximum atomic E-state index is 13.0. The van der Waals surface area contributed by atoms with E-state index in [9.17, 15) is 4.79 Å². The fraction of sp³-hybridized carbons (Fsp3) is 0.261. The van der Waals surface area contributed by atoms with Crippen LogP contribution in [-0.4, -0.2) is 51.9 Å². The number of amides is 1. The van der Waals surface area contributed by atoms with Crippen LogP contribution in [-0.2, 0) is 0 Å². The lowest BCUT2D eigenvalue weighted by molar-refractivity contribution is 0.0918. The Hall–Kier alpha value is -3.25. The Morgan fingerprint density at radius 3 is 2.83 bits per heavy atom. The van der Waals surface area contributed by atoms with Crippen molar-refractivity contribution in [3.05, 3.63) is 60.6 Å². The first kappa shape index (κ1) is 17.8. The fourth-order valence-electron chi connectivity index (χ4n) is 4.12. The van der Waals surface area contributed by atoms with Crippen LogP contribution in [0.15, 0.2) is 55.0 Å². The predicted octanol–water partition coefficient (Wildman–Crippen LogP) is 3.60. The number of likely N-dealkylation sites (tertiary alicyclic amines) is 1. The maximum absolute atomic E-state index is 13.0. The van der Waals surface area contributed by atoms with Gasteiger partial charge in [-0.05, 0) is 68.9 Å². The molecule has 2 N–H and O–H groups in total. The van der Waals surface area contributed by atoms with Crippen LogP contribution < -0.4 is 5.32 Å². The van der Waals surface area contributed by atoms with Gasteiger partial charge in [0.25, 0.3) is 5.91 Å². The first-order valence-electron chi connectivity index (χ1n) is 10.00. The van der Waals surface area contributed by atoms with Gasteiger partial charge in [0, 0.05) is 41.0 Å². The number of nitrogens with one attached hydrogen (secondary N) is 2. The summed E-state index contributed by atoms with van der Waals surface area (Å²) in [5.41, 5.74) is 4.46. The number of carbonyl (C=O) groups is 1. The molecule has 0 atom stereocenters. The highest BCUT2D eigenvalue weighted by Crippen LogP contribution is 2.30. The lowest BCUT2D eigenvalue weighted by Crippen LogP contribution is -2.43. The zero-order valence-electron chi connectivity index (χ0n) is 16.4. The average Bonchev–Trinajstić information content (AvgIpc) is 3.19. The van der Waals surface area contributed by atoms with Gasteiger partial charge in [-0.3, -0.25) is 9.78 Å². The molecule has 0 aliphatic carbocycles. The highest BCUT2D eigenvalue weighted by atomic mass is 16.1. The number of carbonyl (C=O) groups excluding carboxylic acids is 1. The summed E-state index contributed by atoms with van der Waals surface area (Å²) in [4.78, 5) is 27.4. The summed E-state index contributed by atoms with van der Waals surface area (Å²) in [5, 5.41) is 5.15. The lowest BCUT2D eigenvalue weighted by atomic mass is 10.00. The second-order valence-corrected chi connectivity index (χ2v) is 7.74. The summed E-state index contributed by atoms with van der Waals surface area (Å²) in [5.74, 6) is -0.0234. The number of aromatic amines is 1. The molecular formula is C23H23N5O. The third-order valence-electron chi connectivity index (χ3n) is 5.80. The predicted molar refractivity (Wildman–Crippen MR) is 115 cm³/mol. The molecule has 1 fully saturated rings. The van der Waals surface area contributed by atoms with Gasteiger partial charge in [-0.2, -0.15) is 0 Å². The third-order valence-corrected chi connectivity index (χ3v) is 5.80. The van der Waals surface area contributed by atoms with Gasteiger partial charge in [0.05, 0.1) is 11.1 Å². The van der Waals surface area contributed by atoms with Crippen molar-refractivity contribution in [1.82, 2.24) is 25.2 Å². The molecule has 1 amide bonds. The number of nitrogens with zero attached hydrogens (tertiary/aromatic N) is 3. The van der Waals surface area contributed by atoms with Gasteiger partial charge >= 0.3 is 0 Å². The molecule has 1 aliphatic rings. The largest absolute Gasteiger partial charge is 0.349 e. The Labute approximate surface area is 169 Å². The number of piperidine rings is 1. The zero-order chi connectivity index (χ0) is 19.8. The minimum atomic E-state index is -0.0234. The van der Waals surface area contributed by atoms with Crippen LogP contribution in [0.25, 0.3) is 33.1 Å². The molecule has 0 unspecified atom stereocenters. The molecule has 29 heavy (non-hydrogen) atoms. The fourth-order valence-corrected chi connectivity index (χ4v) is 4.12. The Kier molecular flexibility index (Phi) is 4.48. The Morgan fingerprint density at radius 2 is 1.97 bits per heavy atom. The van der Waals surface area contributed by atoms with E-state index >= 15 is 0 Å².